The number of halogens is 1. The molecule has 0 aliphatic heterocycles. The summed E-state index contributed by atoms with van der Waals surface area (Å²) in [5, 5.41) is 34.1. The number of hydrogen-bond donors (Lipinski definition) is 4. The summed E-state index contributed by atoms with van der Waals surface area (Å²) in [6.07, 6.45) is -4.63. The van der Waals surface area contributed by atoms with Crippen molar-refractivity contribution in [1.82, 2.24) is 0 Å². The second-order valence-corrected chi connectivity index (χ2v) is 1.87. The maximum atomic E-state index is 9.76. The molecule has 0 heterocycles. The van der Waals surface area contributed by atoms with Gasteiger partial charge in [0.25, 0.3) is 0 Å². The first-order valence-electron chi connectivity index (χ1n) is 2.73. The number of carbonyl (C=O) groups excluding carboxylic acids is 1. The van der Waals surface area contributed by atoms with E-state index in [0.29, 0.717) is 0 Å². The molecule has 4 N–H and O–H groups in total. The largest absolute Gasteiger partial charge is 0.394 e. The first-order valence-corrected chi connectivity index (χ1v) is 2.73. The van der Waals surface area contributed by atoms with E-state index in [4.69, 9.17) is 20.4 Å². The van der Waals surface area contributed by atoms with E-state index < -0.39 is 24.9 Å². The number of aliphatic hydroxyl groups is 4. The van der Waals surface area contributed by atoms with Crippen molar-refractivity contribution >= 4 is 18.7 Å². The van der Waals surface area contributed by atoms with Crippen LogP contribution < -0.4 is 0 Å². The van der Waals surface area contributed by atoms with Crippen molar-refractivity contribution in [2.75, 3.05) is 6.61 Å². The normalized spacial score (nSPS) is 17.8. The van der Waals surface area contributed by atoms with Crippen molar-refractivity contribution < 1.29 is 25.2 Å². The second kappa shape index (κ2) is 6.51. The fourth-order valence-electron chi connectivity index (χ4n) is 0.416. The third-order valence-electron chi connectivity index (χ3n) is 1.07. The quantitative estimate of drug-likeness (QED) is 0.370. The van der Waals surface area contributed by atoms with Crippen LogP contribution in [0.2, 0.25) is 0 Å². The van der Waals surface area contributed by atoms with E-state index >= 15 is 0 Å². The maximum Gasteiger partial charge on any atom is 0.151 e. The van der Waals surface area contributed by atoms with Gasteiger partial charge in [-0.1, -0.05) is 0 Å². The van der Waals surface area contributed by atoms with Gasteiger partial charge < -0.3 is 25.2 Å². The molecule has 3 unspecified atom stereocenters. The molecule has 0 saturated carbocycles. The minimum absolute atomic E-state index is 0. The zero-order valence-corrected chi connectivity index (χ0v) is 6.44. The van der Waals surface area contributed by atoms with E-state index in [-0.39, 0.29) is 18.7 Å². The minimum atomic E-state index is -1.64. The lowest BCUT2D eigenvalue weighted by Crippen LogP contribution is -2.40. The Morgan fingerprint density at radius 2 is 1.73 bits per heavy atom. The number of aliphatic hydroxyl groups excluding tert-OH is 4. The predicted molar refractivity (Wildman–Crippen MR) is 38.4 cm³/mol. The van der Waals surface area contributed by atoms with Crippen LogP contribution in [0.15, 0.2) is 0 Å². The van der Waals surface area contributed by atoms with Gasteiger partial charge in [-0.3, -0.25) is 0 Å². The van der Waals surface area contributed by atoms with Gasteiger partial charge in [0, 0.05) is 0 Å². The Kier molecular flexibility index (Phi) is 7.92. The van der Waals surface area contributed by atoms with E-state index in [1.165, 1.54) is 0 Å². The van der Waals surface area contributed by atoms with E-state index in [2.05, 4.69) is 0 Å². The van der Waals surface area contributed by atoms with Crippen molar-refractivity contribution in [2.24, 2.45) is 0 Å². The molecule has 0 fully saturated rings. The highest BCUT2D eigenvalue weighted by Gasteiger charge is 2.22. The molecule has 0 aromatic carbocycles. The van der Waals surface area contributed by atoms with Gasteiger partial charge in [0.2, 0.25) is 0 Å². The number of hydrogen-bond acceptors (Lipinski definition) is 5. The zero-order chi connectivity index (χ0) is 8.15. The van der Waals surface area contributed by atoms with Crippen LogP contribution in [0.3, 0.4) is 0 Å². The Morgan fingerprint density at radius 3 is 2.00 bits per heavy atom. The van der Waals surface area contributed by atoms with Crippen LogP contribution in [-0.2, 0) is 4.79 Å². The molecule has 11 heavy (non-hydrogen) atoms. The van der Waals surface area contributed by atoms with Crippen LogP contribution in [0.5, 0.6) is 0 Å². The van der Waals surface area contributed by atoms with Crippen molar-refractivity contribution in [1.29, 1.82) is 0 Å². The molecular weight excluding hydrogens is 176 g/mol. The number of aldehydes is 1. The Morgan fingerprint density at radius 1 is 1.27 bits per heavy atom. The summed E-state index contributed by atoms with van der Waals surface area (Å²) in [5.74, 6) is 0. The van der Waals surface area contributed by atoms with E-state index in [1.807, 2.05) is 0 Å². The molecule has 3 atom stereocenters. The van der Waals surface area contributed by atoms with Gasteiger partial charge in [-0.05, 0) is 0 Å². The molecule has 0 rings (SSSR count). The fraction of sp³-hybridized carbons (Fsp3) is 0.800. The SMILES string of the molecule is Cl.O=CC(O)C(O)C(O)CO. The molecule has 0 amide bonds. The Bertz CT molecular complexity index is 109. The lowest BCUT2D eigenvalue weighted by molar-refractivity contribution is -0.127. The van der Waals surface area contributed by atoms with Crippen LogP contribution in [-0.4, -0.2) is 51.6 Å². The average Bonchev–Trinajstić information content (AvgIpc) is 2.00. The molecular formula is C5H11ClO5. The molecule has 0 saturated heterocycles. The topological polar surface area (TPSA) is 98.0 Å². The van der Waals surface area contributed by atoms with Gasteiger partial charge in [-0.25, -0.2) is 0 Å². The molecule has 0 radical (unpaired) electrons. The van der Waals surface area contributed by atoms with Crippen LogP contribution in [0.1, 0.15) is 0 Å². The molecule has 0 aromatic heterocycles. The smallest absolute Gasteiger partial charge is 0.151 e. The predicted octanol–water partition coefficient (Wildman–Crippen LogP) is -2.32. The van der Waals surface area contributed by atoms with Gasteiger partial charge in [0.05, 0.1) is 6.61 Å². The molecule has 0 aliphatic carbocycles. The van der Waals surface area contributed by atoms with Gasteiger partial charge in [0.15, 0.2) is 6.29 Å². The molecule has 5 nitrogen and oxygen atoms in total. The molecule has 0 spiro atoms. The minimum Gasteiger partial charge on any atom is -0.394 e. The van der Waals surface area contributed by atoms with Gasteiger partial charge in [-0.15, -0.1) is 12.4 Å². The Labute approximate surface area is 69.7 Å². The van der Waals surface area contributed by atoms with E-state index in [1.54, 1.807) is 0 Å². The number of rotatable bonds is 4. The molecule has 0 bridgehead atoms. The third-order valence-corrected chi connectivity index (χ3v) is 1.07. The summed E-state index contributed by atoms with van der Waals surface area (Å²) < 4.78 is 0. The molecule has 0 aromatic rings. The first kappa shape index (κ1) is 13.4. The van der Waals surface area contributed by atoms with Crippen molar-refractivity contribution in [3.8, 4) is 0 Å². The van der Waals surface area contributed by atoms with Crippen LogP contribution in [0.4, 0.5) is 0 Å². The fourth-order valence-corrected chi connectivity index (χ4v) is 0.416. The van der Waals surface area contributed by atoms with Gasteiger partial charge in [0.1, 0.15) is 18.3 Å². The summed E-state index contributed by atoms with van der Waals surface area (Å²) in [5.41, 5.74) is 0. The lowest BCUT2D eigenvalue weighted by atomic mass is 10.1. The van der Waals surface area contributed by atoms with Gasteiger partial charge in [-0.2, -0.15) is 0 Å². The second-order valence-electron chi connectivity index (χ2n) is 1.87. The van der Waals surface area contributed by atoms with Gasteiger partial charge >= 0.3 is 0 Å². The maximum absolute atomic E-state index is 9.76. The lowest BCUT2D eigenvalue weighted by Gasteiger charge is -2.16. The number of carbonyl (C=O) groups is 1. The molecule has 6 heteroatoms. The first-order chi connectivity index (χ1) is 4.63. The van der Waals surface area contributed by atoms with Crippen LogP contribution in [0, 0.1) is 0 Å². The van der Waals surface area contributed by atoms with E-state index in [9.17, 15) is 4.79 Å². The highest BCUT2D eigenvalue weighted by Crippen LogP contribution is 1.96. The third kappa shape index (κ3) is 4.28. The summed E-state index contributed by atoms with van der Waals surface area (Å²) in [6.45, 7) is -0.688. The molecule has 0 aliphatic rings. The summed E-state index contributed by atoms with van der Waals surface area (Å²) in [6, 6.07) is 0. The average molecular weight is 187 g/mol. The highest BCUT2D eigenvalue weighted by molar-refractivity contribution is 5.85. The van der Waals surface area contributed by atoms with Crippen LogP contribution >= 0.6 is 12.4 Å². The highest BCUT2D eigenvalue weighted by atomic mass is 35.5. The Hall–Kier alpha value is -0.200. The summed E-state index contributed by atoms with van der Waals surface area (Å²) >= 11 is 0. The van der Waals surface area contributed by atoms with Crippen LogP contribution in [0.25, 0.3) is 0 Å². The summed E-state index contributed by atoms with van der Waals surface area (Å²) in [7, 11) is 0. The standard InChI is InChI=1S/C5H10O5.ClH/c6-1-3(8)5(10)4(9)2-7;/h1,3-5,7-10H,2H2;1H. The monoisotopic (exact) mass is 186 g/mol. The molecule has 68 valence electrons. The zero-order valence-electron chi connectivity index (χ0n) is 5.62. The van der Waals surface area contributed by atoms with Crippen molar-refractivity contribution in [3.05, 3.63) is 0 Å². The Balaban J connectivity index is 0. The summed E-state index contributed by atoms with van der Waals surface area (Å²) in [4.78, 5) is 9.76. The van der Waals surface area contributed by atoms with E-state index in [0.717, 1.165) is 0 Å². The van der Waals surface area contributed by atoms with Crippen molar-refractivity contribution in [2.45, 2.75) is 18.3 Å². The van der Waals surface area contributed by atoms with Crippen molar-refractivity contribution in [3.63, 3.8) is 0 Å².